The van der Waals surface area contributed by atoms with Gasteiger partial charge in [-0.2, -0.15) is 0 Å². The van der Waals surface area contributed by atoms with Gasteiger partial charge in [0.05, 0.1) is 4.92 Å². The molecule has 0 atom stereocenters. The highest BCUT2D eigenvalue weighted by molar-refractivity contribution is 5.86. The molecule has 14 heavy (non-hydrogen) atoms. The molecule has 6 heteroatoms. The zero-order valence-electron chi connectivity index (χ0n) is 7.43. The SMILES string of the molecule is CCc1cc([N+](=O)[O-])cc(C(=O)O)n1. The number of aryl methyl sites for hydroxylation is 1. The number of aromatic carboxylic acids is 1. The summed E-state index contributed by atoms with van der Waals surface area (Å²) in [5, 5.41) is 19.1. The van der Waals surface area contributed by atoms with E-state index in [1.807, 2.05) is 0 Å². The van der Waals surface area contributed by atoms with E-state index in [9.17, 15) is 14.9 Å². The fraction of sp³-hybridized carbons (Fsp3) is 0.250. The second-order valence-electron chi connectivity index (χ2n) is 2.62. The Balaban J connectivity index is 3.27. The molecule has 6 nitrogen and oxygen atoms in total. The summed E-state index contributed by atoms with van der Waals surface area (Å²) < 4.78 is 0. The Morgan fingerprint density at radius 3 is 2.71 bits per heavy atom. The van der Waals surface area contributed by atoms with E-state index in [4.69, 9.17) is 5.11 Å². The molecule has 0 spiro atoms. The summed E-state index contributed by atoms with van der Waals surface area (Å²) in [5.41, 5.74) is -0.137. The number of nitrogens with zero attached hydrogens (tertiary/aromatic N) is 2. The molecule has 0 radical (unpaired) electrons. The first-order chi connectivity index (χ1) is 6.54. The Morgan fingerprint density at radius 2 is 2.29 bits per heavy atom. The van der Waals surface area contributed by atoms with E-state index in [2.05, 4.69) is 4.98 Å². The van der Waals surface area contributed by atoms with Crippen LogP contribution in [0.2, 0.25) is 0 Å². The summed E-state index contributed by atoms with van der Waals surface area (Å²) in [7, 11) is 0. The van der Waals surface area contributed by atoms with Crippen LogP contribution in [-0.4, -0.2) is 21.0 Å². The molecule has 0 saturated heterocycles. The monoisotopic (exact) mass is 196 g/mol. The average molecular weight is 196 g/mol. The molecule has 1 N–H and O–H groups in total. The number of pyridine rings is 1. The standard InChI is InChI=1S/C8H8N2O4/c1-2-5-3-6(10(13)14)4-7(9-5)8(11)12/h3-4H,2H2,1H3,(H,11,12). The molecule has 0 aliphatic heterocycles. The van der Waals surface area contributed by atoms with Crippen LogP contribution in [0.25, 0.3) is 0 Å². The van der Waals surface area contributed by atoms with Gasteiger partial charge in [0.2, 0.25) is 0 Å². The first kappa shape index (κ1) is 10.1. The van der Waals surface area contributed by atoms with Crippen molar-refractivity contribution in [2.24, 2.45) is 0 Å². The second-order valence-corrected chi connectivity index (χ2v) is 2.62. The van der Waals surface area contributed by atoms with Crippen LogP contribution in [0.4, 0.5) is 5.69 Å². The van der Waals surface area contributed by atoms with Crippen molar-refractivity contribution in [2.75, 3.05) is 0 Å². The highest BCUT2D eigenvalue weighted by atomic mass is 16.6. The first-order valence-electron chi connectivity index (χ1n) is 3.93. The molecule has 0 unspecified atom stereocenters. The molecule has 0 bridgehead atoms. The third-order valence-electron chi connectivity index (χ3n) is 1.66. The molecule has 1 heterocycles. The molecular weight excluding hydrogens is 188 g/mol. The van der Waals surface area contributed by atoms with Crippen molar-refractivity contribution in [3.05, 3.63) is 33.6 Å². The minimum absolute atomic E-state index is 0.241. The summed E-state index contributed by atoms with van der Waals surface area (Å²) in [6.45, 7) is 1.75. The number of hydrogen-bond donors (Lipinski definition) is 1. The largest absolute Gasteiger partial charge is 0.477 e. The highest BCUT2D eigenvalue weighted by Gasteiger charge is 2.14. The number of nitro groups is 1. The van der Waals surface area contributed by atoms with Crippen molar-refractivity contribution >= 4 is 11.7 Å². The van der Waals surface area contributed by atoms with Crippen LogP contribution in [0.5, 0.6) is 0 Å². The molecule has 0 fully saturated rings. The van der Waals surface area contributed by atoms with Crippen molar-refractivity contribution in [2.45, 2.75) is 13.3 Å². The number of carbonyl (C=O) groups is 1. The molecule has 0 aliphatic rings. The van der Waals surface area contributed by atoms with Crippen LogP contribution in [0.3, 0.4) is 0 Å². The number of carboxylic acid groups (broad SMARTS) is 1. The van der Waals surface area contributed by atoms with Crippen LogP contribution >= 0.6 is 0 Å². The van der Waals surface area contributed by atoms with Gasteiger partial charge in [-0.1, -0.05) is 6.92 Å². The summed E-state index contributed by atoms with van der Waals surface area (Å²) in [6, 6.07) is 2.22. The highest BCUT2D eigenvalue weighted by Crippen LogP contribution is 2.14. The zero-order chi connectivity index (χ0) is 10.7. The maximum atomic E-state index is 10.6. The van der Waals surface area contributed by atoms with Crippen LogP contribution in [0.1, 0.15) is 23.1 Å². The fourth-order valence-electron chi connectivity index (χ4n) is 0.968. The smallest absolute Gasteiger partial charge is 0.354 e. The Labute approximate surface area is 79.4 Å². The predicted octanol–water partition coefficient (Wildman–Crippen LogP) is 1.25. The van der Waals surface area contributed by atoms with Crippen molar-refractivity contribution < 1.29 is 14.8 Å². The average Bonchev–Trinajstić information content (AvgIpc) is 2.16. The van der Waals surface area contributed by atoms with E-state index < -0.39 is 10.9 Å². The maximum absolute atomic E-state index is 10.6. The Bertz CT molecular complexity index is 357. The lowest BCUT2D eigenvalue weighted by Crippen LogP contribution is -2.04. The van der Waals surface area contributed by atoms with Crippen LogP contribution < -0.4 is 0 Å². The van der Waals surface area contributed by atoms with Gasteiger partial charge in [0.15, 0.2) is 5.69 Å². The summed E-state index contributed by atoms with van der Waals surface area (Å²) in [5.74, 6) is -1.26. The number of rotatable bonds is 3. The van der Waals surface area contributed by atoms with E-state index >= 15 is 0 Å². The Kier molecular flexibility index (Phi) is 2.76. The lowest BCUT2D eigenvalue weighted by atomic mass is 10.2. The number of aromatic nitrogens is 1. The Hall–Kier alpha value is -1.98. The Morgan fingerprint density at radius 1 is 1.64 bits per heavy atom. The van der Waals surface area contributed by atoms with E-state index in [0.29, 0.717) is 12.1 Å². The van der Waals surface area contributed by atoms with Gasteiger partial charge in [-0.05, 0) is 6.42 Å². The number of carboxylic acids is 1. The minimum Gasteiger partial charge on any atom is -0.477 e. The van der Waals surface area contributed by atoms with E-state index in [-0.39, 0.29) is 11.4 Å². The topological polar surface area (TPSA) is 93.3 Å². The van der Waals surface area contributed by atoms with Crippen LogP contribution in [-0.2, 0) is 6.42 Å². The first-order valence-corrected chi connectivity index (χ1v) is 3.93. The molecule has 0 saturated carbocycles. The minimum atomic E-state index is -1.26. The van der Waals surface area contributed by atoms with Crippen molar-refractivity contribution in [1.29, 1.82) is 0 Å². The van der Waals surface area contributed by atoms with E-state index in [1.165, 1.54) is 6.07 Å². The predicted molar refractivity (Wildman–Crippen MR) is 47.2 cm³/mol. The van der Waals surface area contributed by atoms with E-state index in [1.54, 1.807) is 6.92 Å². The van der Waals surface area contributed by atoms with Gasteiger partial charge in [-0.3, -0.25) is 10.1 Å². The van der Waals surface area contributed by atoms with Gasteiger partial charge in [0.25, 0.3) is 5.69 Å². The molecule has 0 amide bonds. The summed E-state index contributed by atoms with van der Waals surface area (Å²) in [4.78, 5) is 24.1. The van der Waals surface area contributed by atoms with Crippen LogP contribution in [0, 0.1) is 10.1 Å². The van der Waals surface area contributed by atoms with Gasteiger partial charge >= 0.3 is 5.97 Å². The van der Waals surface area contributed by atoms with Gasteiger partial charge in [-0.25, -0.2) is 9.78 Å². The van der Waals surface area contributed by atoms with Crippen molar-refractivity contribution in [1.82, 2.24) is 4.98 Å². The van der Waals surface area contributed by atoms with E-state index in [0.717, 1.165) is 6.07 Å². The molecule has 0 aromatic carbocycles. The lowest BCUT2D eigenvalue weighted by Gasteiger charge is -1.98. The molecule has 1 aromatic rings. The van der Waals surface area contributed by atoms with Gasteiger partial charge in [0.1, 0.15) is 0 Å². The summed E-state index contributed by atoms with van der Waals surface area (Å²) >= 11 is 0. The molecular formula is C8H8N2O4. The van der Waals surface area contributed by atoms with Gasteiger partial charge in [-0.15, -0.1) is 0 Å². The fourth-order valence-corrected chi connectivity index (χ4v) is 0.968. The summed E-state index contributed by atoms with van der Waals surface area (Å²) in [6.07, 6.45) is 0.460. The lowest BCUT2D eigenvalue weighted by molar-refractivity contribution is -0.385. The normalized spacial score (nSPS) is 9.79. The van der Waals surface area contributed by atoms with Crippen molar-refractivity contribution in [3.8, 4) is 0 Å². The quantitative estimate of drug-likeness (QED) is 0.580. The third-order valence-corrected chi connectivity index (χ3v) is 1.66. The van der Waals surface area contributed by atoms with Gasteiger partial charge in [0, 0.05) is 17.8 Å². The number of hydrogen-bond acceptors (Lipinski definition) is 4. The maximum Gasteiger partial charge on any atom is 0.354 e. The molecule has 1 aromatic heterocycles. The van der Waals surface area contributed by atoms with Crippen LogP contribution in [0.15, 0.2) is 12.1 Å². The zero-order valence-corrected chi connectivity index (χ0v) is 7.43. The molecule has 1 rings (SSSR count). The molecule has 0 aliphatic carbocycles. The molecule has 74 valence electrons. The van der Waals surface area contributed by atoms with Crippen molar-refractivity contribution in [3.63, 3.8) is 0 Å². The second kappa shape index (κ2) is 3.82. The third kappa shape index (κ3) is 2.03. The van der Waals surface area contributed by atoms with Gasteiger partial charge < -0.3 is 5.11 Å².